The number of benzene rings is 1. The summed E-state index contributed by atoms with van der Waals surface area (Å²) < 4.78 is 4.98. The number of anilines is 1. The van der Waals surface area contributed by atoms with Crippen LogP contribution in [0.25, 0.3) is 0 Å². The number of amides is 2. The molecule has 0 heterocycles. The van der Waals surface area contributed by atoms with Gasteiger partial charge in [0.15, 0.2) is 5.11 Å². The number of hydrogen-bond donors (Lipinski definition) is 3. The lowest BCUT2D eigenvalue weighted by atomic mass is 10.1. The van der Waals surface area contributed by atoms with Crippen LogP contribution >= 0.6 is 12.2 Å². The van der Waals surface area contributed by atoms with E-state index in [1.165, 1.54) is 57.8 Å². The lowest BCUT2D eigenvalue weighted by molar-refractivity contribution is -0.119. The summed E-state index contributed by atoms with van der Waals surface area (Å²) in [5, 5.41) is 8.82. The highest BCUT2D eigenvalue weighted by molar-refractivity contribution is 7.80. The molecule has 0 saturated heterocycles. The number of unbranched alkanes of at least 4 members (excludes halogenated alkanes) is 10. The SMILES string of the molecule is CCCCCCCCCCCCCC(=O)NC(=S)Nc1cccc(C(=O)NCCCOC)c1. The van der Waals surface area contributed by atoms with Crippen molar-refractivity contribution in [2.75, 3.05) is 25.6 Å². The predicted octanol–water partition coefficient (Wildman–Crippen LogP) is 5.97. The van der Waals surface area contributed by atoms with Crippen molar-refractivity contribution in [2.45, 2.75) is 90.4 Å². The summed E-state index contributed by atoms with van der Waals surface area (Å²) in [7, 11) is 1.64. The molecule has 1 aromatic rings. The second kappa shape index (κ2) is 19.5. The maximum atomic E-state index is 12.2. The van der Waals surface area contributed by atoms with E-state index in [1.807, 2.05) is 6.07 Å². The smallest absolute Gasteiger partial charge is 0.251 e. The number of carbonyl (C=O) groups is 2. The van der Waals surface area contributed by atoms with Crippen LogP contribution in [0.3, 0.4) is 0 Å². The molecule has 1 aromatic carbocycles. The maximum absolute atomic E-state index is 12.2. The fraction of sp³-hybridized carbons (Fsp3) is 0.654. The molecule has 33 heavy (non-hydrogen) atoms. The van der Waals surface area contributed by atoms with Gasteiger partial charge in [0.25, 0.3) is 5.91 Å². The van der Waals surface area contributed by atoms with Gasteiger partial charge in [-0.15, -0.1) is 0 Å². The molecule has 0 bridgehead atoms. The molecular formula is C26H43N3O3S. The van der Waals surface area contributed by atoms with E-state index in [0.717, 1.165) is 19.3 Å². The number of ether oxygens (including phenoxy) is 1. The average molecular weight is 478 g/mol. The van der Waals surface area contributed by atoms with Crippen molar-refractivity contribution in [3.05, 3.63) is 29.8 Å². The molecule has 0 aliphatic carbocycles. The summed E-state index contributed by atoms with van der Waals surface area (Å²) in [5.74, 6) is -0.225. The summed E-state index contributed by atoms with van der Waals surface area (Å²) in [5.41, 5.74) is 1.20. The second-order valence-corrected chi connectivity index (χ2v) is 8.88. The molecule has 0 spiro atoms. The number of thiocarbonyl (C=S) groups is 1. The van der Waals surface area contributed by atoms with E-state index in [0.29, 0.717) is 30.8 Å². The van der Waals surface area contributed by atoms with Crippen molar-refractivity contribution in [1.29, 1.82) is 0 Å². The van der Waals surface area contributed by atoms with Crippen LogP contribution in [0, 0.1) is 0 Å². The molecule has 0 radical (unpaired) electrons. The zero-order chi connectivity index (χ0) is 24.2. The minimum absolute atomic E-state index is 0.0736. The lowest BCUT2D eigenvalue weighted by Gasteiger charge is -2.11. The Morgan fingerprint density at radius 3 is 2.18 bits per heavy atom. The van der Waals surface area contributed by atoms with Gasteiger partial charge >= 0.3 is 0 Å². The molecule has 0 unspecified atom stereocenters. The van der Waals surface area contributed by atoms with Crippen LogP contribution in [0.4, 0.5) is 5.69 Å². The van der Waals surface area contributed by atoms with E-state index < -0.39 is 0 Å². The van der Waals surface area contributed by atoms with Crippen molar-refractivity contribution >= 4 is 34.8 Å². The van der Waals surface area contributed by atoms with E-state index in [1.54, 1.807) is 25.3 Å². The van der Waals surface area contributed by atoms with Gasteiger partial charge in [0, 0.05) is 37.9 Å². The summed E-state index contributed by atoms with van der Waals surface area (Å²) in [4.78, 5) is 24.4. The lowest BCUT2D eigenvalue weighted by Crippen LogP contribution is -2.34. The monoisotopic (exact) mass is 477 g/mol. The Balaban J connectivity index is 2.16. The molecule has 2 amide bonds. The summed E-state index contributed by atoms with van der Waals surface area (Å²) in [6, 6.07) is 7.05. The highest BCUT2D eigenvalue weighted by Gasteiger charge is 2.08. The Labute approximate surface area is 205 Å². The quantitative estimate of drug-likeness (QED) is 0.179. The Morgan fingerprint density at radius 1 is 0.909 bits per heavy atom. The molecule has 0 aromatic heterocycles. The van der Waals surface area contributed by atoms with Crippen molar-refractivity contribution in [3.63, 3.8) is 0 Å². The van der Waals surface area contributed by atoms with E-state index in [-0.39, 0.29) is 16.9 Å². The number of hydrogen-bond acceptors (Lipinski definition) is 4. The number of rotatable bonds is 18. The maximum Gasteiger partial charge on any atom is 0.251 e. The minimum atomic E-state index is -0.152. The highest BCUT2D eigenvalue weighted by Crippen LogP contribution is 2.13. The van der Waals surface area contributed by atoms with Crippen LogP contribution in [-0.2, 0) is 9.53 Å². The van der Waals surface area contributed by atoms with E-state index in [2.05, 4.69) is 22.9 Å². The molecule has 0 aliphatic rings. The third kappa shape index (κ3) is 15.5. The minimum Gasteiger partial charge on any atom is -0.385 e. The third-order valence-electron chi connectivity index (χ3n) is 5.45. The average Bonchev–Trinajstić information content (AvgIpc) is 2.80. The largest absolute Gasteiger partial charge is 0.385 e. The fourth-order valence-electron chi connectivity index (χ4n) is 3.56. The molecule has 186 valence electrons. The van der Waals surface area contributed by atoms with Gasteiger partial charge in [-0.1, -0.05) is 77.2 Å². The summed E-state index contributed by atoms with van der Waals surface area (Å²) >= 11 is 5.25. The van der Waals surface area contributed by atoms with Crippen molar-refractivity contribution in [3.8, 4) is 0 Å². The molecule has 6 nitrogen and oxygen atoms in total. The van der Waals surface area contributed by atoms with Gasteiger partial charge in [-0.05, 0) is 43.3 Å². The molecule has 0 saturated carbocycles. The predicted molar refractivity (Wildman–Crippen MR) is 141 cm³/mol. The number of methoxy groups -OCH3 is 1. The van der Waals surface area contributed by atoms with Crippen molar-refractivity contribution < 1.29 is 14.3 Å². The van der Waals surface area contributed by atoms with Crippen molar-refractivity contribution in [1.82, 2.24) is 10.6 Å². The Bertz CT molecular complexity index is 697. The Kier molecular flexibility index (Phi) is 17.1. The standard InChI is InChI=1S/C26H43N3O3S/c1-3-4-5-6-7-8-9-10-11-12-13-18-24(30)29-26(33)28-23-17-14-16-22(21-23)25(31)27-19-15-20-32-2/h14,16-17,21H,3-13,15,18-20H2,1-2H3,(H,27,31)(H2,28,29,30,33). The first-order chi connectivity index (χ1) is 16.1. The summed E-state index contributed by atoms with van der Waals surface area (Å²) in [6.45, 7) is 3.41. The fourth-order valence-corrected chi connectivity index (χ4v) is 3.79. The number of nitrogens with one attached hydrogen (secondary N) is 3. The van der Waals surface area contributed by atoms with Gasteiger partial charge in [-0.25, -0.2) is 0 Å². The van der Waals surface area contributed by atoms with E-state index in [4.69, 9.17) is 17.0 Å². The zero-order valence-electron chi connectivity index (χ0n) is 20.5. The molecule has 0 aliphatic heterocycles. The third-order valence-corrected chi connectivity index (χ3v) is 5.66. The topological polar surface area (TPSA) is 79.5 Å². The second-order valence-electron chi connectivity index (χ2n) is 8.47. The van der Waals surface area contributed by atoms with Crippen LogP contribution in [0.1, 0.15) is 101 Å². The first-order valence-electron chi connectivity index (χ1n) is 12.5. The first-order valence-corrected chi connectivity index (χ1v) is 13.0. The van der Waals surface area contributed by atoms with Gasteiger partial charge in [-0.3, -0.25) is 9.59 Å². The zero-order valence-corrected chi connectivity index (χ0v) is 21.4. The Hall–Kier alpha value is -1.99. The normalized spacial score (nSPS) is 10.6. The highest BCUT2D eigenvalue weighted by atomic mass is 32.1. The van der Waals surface area contributed by atoms with Gasteiger partial charge in [-0.2, -0.15) is 0 Å². The molecule has 7 heteroatoms. The molecule has 0 atom stereocenters. The van der Waals surface area contributed by atoms with Crippen molar-refractivity contribution in [2.24, 2.45) is 0 Å². The number of carbonyl (C=O) groups excluding carboxylic acids is 2. The summed E-state index contributed by atoms with van der Waals surface area (Å²) in [6.07, 6.45) is 15.0. The van der Waals surface area contributed by atoms with Crippen LogP contribution in [0.5, 0.6) is 0 Å². The van der Waals surface area contributed by atoms with Gasteiger partial charge < -0.3 is 20.7 Å². The first kappa shape index (κ1) is 29.0. The van der Waals surface area contributed by atoms with E-state index >= 15 is 0 Å². The van der Waals surface area contributed by atoms with Crippen LogP contribution in [0.2, 0.25) is 0 Å². The van der Waals surface area contributed by atoms with E-state index in [9.17, 15) is 9.59 Å². The molecular weight excluding hydrogens is 434 g/mol. The van der Waals surface area contributed by atoms with Gasteiger partial charge in [0.1, 0.15) is 0 Å². The molecule has 3 N–H and O–H groups in total. The van der Waals surface area contributed by atoms with Crippen LogP contribution in [-0.4, -0.2) is 37.2 Å². The van der Waals surface area contributed by atoms with Gasteiger partial charge in [0.05, 0.1) is 0 Å². The van der Waals surface area contributed by atoms with Gasteiger partial charge in [0.2, 0.25) is 5.91 Å². The Morgan fingerprint density at radius 2 is 1.55 bits per heavy atom. The van der Waals surface area contributed by atoms with Crippen LogP contribution < -0.4 is 16.0 Å². The van der Waals surface area contributed by atoms with Crippen LogP contribution in [0.15, 0.2) is 24.3 Å². The molecule has 1 rings (SSSR count). The molecule has 0 fully saturated rings.